The first-order valence-corrected chi connectivity index (χ1v) is 12.4. The number of ketones is 1. The van der Waals surface area contributed by atoms with Crippen LogP contribution in [0.1, 0.15) is 42.0 Å². The standard InChI is InChI=1S/C28H25FN2O4S/c1-15-25(28(34)31-19-8-6-18(29)7-9-19)26(16-5-10-21(32)23(14-16)35-2)27-20(30-15)12-17(13-22(27)33)24-4-3-11-36-24/h3-11,14,17,26,30,32H,12-13H2,1-2H3,(H,31,34)/t17-,26+/m1/s1. The highest BCUT2D eigenvalue weighted by atomic mass is 32.1. The molecule has 2 heterocycles. The number of carbonyl (C=O) groups excluding carboxylic acids is 2. The molecule has 2 atom stereocenters. The van der Waals surface area contributed by atoms with Crippen LogP contribution < -0.4 is 15.4 Å². The first-order chi connectivity index (χ1) is 17.4. The van der Waals surface area contributed by atoms with Crippen molar-refractivity contribution in [2.75, 3.05) is 12.4 Å². The number of amides is 1. The smallest absolute Gasteiger partial charge is 0.254 e. The van der Waals surface area contributed by atoms with Gasteiger partial charge >= 0.3 is 0 Å². The lowest BCUT2D eigenvalue weighted by Gasteiger charge is -2.36. The molecule has 1 aliphatic heterocycles. The average Bonchev–Trinajstić information content (AvgIpc) is 3.40. The number of carbonyl (C=O) groups is 2. The number of aromatic hydroxyl groups is 1. The lowest BCUT2D eigenvalue weighted by atomic mass is 9.72. The van der Waals surface area contributed by atoms with Gasteiger partial charge in [0.15, 0.2) is 17.3 Å². The van der Waals surface area contributed by atoms with Gasteiger partial charge in [-0.15, -0.1) is 11.3 Å². The maximum Gasteiger partial charge on any atom is 0.254 e. The molecule has 0 fully saturated rings. The zero-order valence-electron chi connectivity index (χ0n) is 19.8. The number of allylic oxidation sites excluding steroid dienone is 3. The largest absolute Gasteiger partial charge is 0.504 e. The molecule has 6 nitrogen and oxygen atoms in total. The summed E-state index contributed by atoms with van der Waals surface area (Å²) in [4.78, 5) is 28.4. The summed E-state index contributed by atoms with van der Waals surface area (Å²) in [7, 11) is 1.45. The third kappa shape index (κ3) is 4.40. The Labute approximate surface area is 212 Å². The van der Waals surface area contributed by atoms with Gasteiger partial charge in [-0.05, 0) is 66.8 Å². The molecule has 0 unspecified atom stereocenters. The van der Waals surface area contributed by atoms with Crippen LogP contribution in [0.2, 0.25) is 0 Å². The molecule has 2 aliphatic rings. The Morgan fingerprint density at radius 3 is 2.64 bits per heavy atom. The fourth-order valence-corrected chi connectivity index (χ4v) is 5.83. The minimum atomic E-state index is -0.659. The minimum Gasteiger partial charge on any atom is -0.504 e. The molecule has 3 N–H and O–H groups in total. The van der Waals surface area contributed by atoms with E-state index in [1.165, 1.54) is 37.4 Å². The molecule has 5 rings (SSSR count). The fraction of sp³-hybridized carbons (Fsp3) is 0.214. The van der Waals surface area contributed by atoms with E-state index in [1.807, 2.05) is 24.4 Å². The number of benzene rings is 2. The molecule has 1 aromatic heterocycles. The minimum absolute atomic E-state index is 0.0289. The van der Waals surface area contributed by atoms with E-state index >= 15 is 0 Å². The molecule has 0 spiro atoms. The Morgan fingerprint density at radius 2 is 1.94 bits per heavy atom. The van der Waals surface area contributed by atoms with E-state index in [9.17, 15) is 19.1 Å². The second-order valence-electron chi connectivity index (χ2n) is 8.92. The van der Waals surface area contributed by atoms with Gasteiger partial charge in [0.05, 0.1) is 7.11 Å². The Morgan fingerprint density at radius 1 is 1.17 bits per heavy atom. The number of halogens is 1. The summed E-state index contributed by atoms with van der Waals surface area (Å²) < 4.78 is 18.7. The third-order valence-electron chi connectivity index (χ3n) is 6.66. The molecule has 0 radical (unpaired) electrons. The number of anilines is 1. The van der Waals surface area contributed by atoms with Crippen LogP contribution >= 0.6 is 11.3 Å². The first-order valence-electron chi connectivity index (χ1n) is 11.6. The van der Waals surface area contributed by atoms with Crippen molar-refractivity contribution >= 4 is 28.7 Å². The van der Waals surface area contributed by atoms with Crippen LogP contribution in [0.15, 0.2) is 82.5 Å². The van der Waals surface area contributed by atoms with Crippen LogP contribution in [-0.2, 0) is 9.59 Å². The lowest BCUT2D eigenvalue weighted by Crippen LogP contribution is -2.37. The van der Waals surface area contributed by atoms with Crippen LogP contribution in [-0.4, -0.2) is 23.9 Å². The molecule has 0 saturated heterocycles. The van der Waals surface area contributed by atoms with E-state index in [1.54, 1.807) is 23.5 Å². The summed E-state index contributed by atoms with van der Waals surface area (Å²) in [6.07, 6.45) is 0.996. The normalized spacial score (nSPS) is 19.6. The summed E-state index contributed by atoms with van der Waals surface area (Å²) in [6.45, 7) is 1.81. The van der Waals surface area contributed by atoms with Crippen molar-refractivity contribution < 1.29 is 23.8 Å². The molecular formula is C28H25FN2O4S. The van der Waals surface area contributed by atoms with E-state index in [4.69, 9.17) is 4.74 Å². The summed E-state index contributed by atoms with van der Waals surface area (Å²) in [5.41, 5.74) is 3.46. The van der Waals surface area contributed by atoms with Gasteiger partial charge in [-0.1, -0.05) is 12.1 Å². The van der Waals surface area contributed by atoms with E-state index in [0.29, 0.717) is 40.9 Å². The van der Waals surface area contributed by atoms with Crippen molar-refractivity contribution in [3.05, 3.63) is 98.8 Å². The van der Waals surface area contributed by atoms with Crippen molar-refractivity contribution in [2.45, 2.75) is 31.6 Å². The van der Waals surface area contributed by atoms with Crippen molar-refractivity contribution in [2.24, 2.45) is 0 Å². The van der Waals surface area contributed by atoms with Crippen LogP contribution in [0, 0.1) is 5.82 Å². The predicted octanol–water partition coefficient (Wildman–Crippen LogP) is 5.60. The molecule has 0 saturated carbocycles. The van der Waals surface area contributed by atoms with Gasteiger partial charge in [-0.2, -0.15) is 0 Å². The van der Waals surface area contributed by atoms with Gasteiger partial charge in [0.1, 0.15) is 5.82 Å². The van der Waals surface area contributed by atoms with Crippen molar-refractivity contribution in [3.8, 4) is 11.5 Å². The number of methoxy groups -OCH3 is 1. The highest BCUT2D eigenvalue weighted by Gasteiger charge is 2.41. The zero-order chi connectivity index (χ0) is 25.4. The quantitative estimate of drug-likeness (QED) is 0.421. The zero-order valence-corrected chi connectivity index (χ0v) is 20.6. The van der Waals surface area contributed by atoms with Crippen LogP contribution in [0.3, 0.4) is 0 Å². The van der Waals surface area contributed by atoms with Gasteiger partial charge in [0.2, 0.25) is 0 Å². The number of Topliss-reactive ketones (excluding diaryl/α,β-unsaturated/α-hetero) is 1. The summed E-state index contributed by atoms with van der Waals surface area (Å²) in [6, 6.07) is 14.4. The van der Waals surface area contributed by atoms with Crippen LogP contribution in [0.5, 0.6) is 11.5 Å². The number of dihydropyridines is 1. The molecule has 0 bridgehead atoms. The molecule has 3 aromatic rings. The third-order valence-corrected chi connectivity index (χ3v) is 7.69. The van der Waals surface area contributed by atoms with E-state index in [2.05, 4.69) is 10.6 Å². The fourth-order valence-electron chi connectivity index (χ4n) is 5.00. The highest BCUT2D eigenvalue weighted by Crippen LogP contribution is 2.47. The van der Waals surface area contributed by atoms with Crippen LogP contribution in [0.25, 0.3) is 0 Å². The van der Waals surface area contributed by atoms with E-state index in [0.717, 1.165) is 10.6 Å². The van der Waals surface area contributed by atoms with Gasteiger partial charge in [-0.3, -0.25) is 9.59 Å². The van der Waals surface area contributed by atoms with Gasteiger partial charge in [0, 0.05) is 51.4 Å². The average molecular weight is 505 g/mol. The van der Waals surface area contributed by atoms with E-state index in [-0.39, 0.29) is 23.2 Å². The Balaban J connectivity index is 1.59. The molecule has 1 aliphatic carbocycles. The topological polar surface area (TPSA) is 87.7 Å². The molecule has 184 valence electrons. The number of hydrogen-bond acceptors (Lipinski definition) is 6. The second-order valence-corrected chi connectivity index (χ2v) is 9.90. The summed E-state index contributed by atoms with van der Waals surface area (Å²) in [5.74, 6) is -1.20. The van der Waals surface area contributed by atoms with Gasteiger partial charge in [0.25, 0.3) is 5.91 Å². The first kappa shape index (κ1) is 23.8. The maximum atomic E-state index is 13.6. The number of nitrogens with one attached hydrogen (secondary N) is 2. The second kappa shape index (κ2) is 9.62. The van der Waals surface area contributed by atoms with Crippen LogP contribution in [0.4, 0.5) is 10.1 Å². The molecule has 8 heteroatoms. The number of thiophene rings is 1. The number of ether oxygens (including phenoxy) is 1. The van der Waals surface area contributed by atoms with E-state index < -0.39 is 17.6 Å². The molecule has 1 amide bonds. The highest BCUT2D eigenvalue weighted by molar-refractivity contribution is 7.10. The number of rotatable bonds is 5. The maximum absolute atomic E-state index is 13.6. The predicted molar refractivity (Wildman–Crippen MR) is 137 cm³/mol. The monoisotopic (exact) mass is 504 g/mol. The van der Waals surface area contributed by atoms with Crippen molar-refractivity contribution in [3.63, 3.8) is 0 Å². The molecular weight excluding hydrogens is 479 g/mol. The van der Waals surface area contributed by atoms with Crippen molar-refractivity contribution in [1.29, 1.82) is 0 Å². The molecule has 2 aromatic carbocycles. The lowest BCUT2D eigenvalue weighted by molar-refractivity contribution is -0.116. The number of phenols is 1. The van der Waals surface area contributed by atoms with Crippen molar-refractivity contribution in [1.82, 2.24) is 5.32 Å². The summed E-state index contributed by atoms with van der Waals surface area (Å²) in [5, 5.41) is 18.4. The SMILES string of the molecule is COc1cc([C@H]2C(C(=O)Nc3ccc(F)cc3)=C(C)NC3=C2C(=O)C[C@H](c2cccs2)C3)ccc1O. The Bertz CT molecular complexity index is 1390. The Hall–Kier alpha value is -3.91. The summed E-state index contributed by atoms with van der Waals surface area (Å²) >= 11 is 1.63. The van der Waals surface area contributed by atoms with Gasteiger partial charge in [-0.25, -0.2) is 4.39 Å². The Kier molecular flexibility index (Phi) is 6.36. The van der Waals surface area contributed by atoms with Gasteiger partial charge < -0.3 is 20.5 Å². The number of hydrogen-bond donors (Lipinski definition) is 3. The molecule has 36 heavy (non-hydrogen) atoms. The number of phenolic OH excluding ortho intramolecular Hbond substituents is 1.